The highest BCUT2D eigenvalue weighted by atomic mass is 14.8. The lowest BCUT2D eigenvalue weighted by molar-refractivity contribution is 1.17. The Morgan fingerprint density at radius 1 is 1.15 bits per heavy atom. The van der Waals surface area contributed by atoms with Gasteiger partial charge in [-0.25, -0.2) is 9.97 Å². The molecular weight excluding hydrogens is 162 g/mol. The molecule has 3 heteroatoms. The first-order chi connectivity index (χ1) is 6.36. The fraction of sp³-hybridized carbons (Fsp3) is 0. The van der Waals surface area contributed by atoms with Gasteiger partial charge in [0.15, 0.2) is 0 Å². The molecular formula is C10H9N3. The fourth-order valence-electron chi connectivity index (χ4n) is 1.16. The Morgan fingerprint density at radius 2 is 2.08 bits per heavy atom. The first kappa shape index (κ1) is 7.73. The van der Waals surface area contributed by atoms with Gasteiger partial charge in [-0.15, -0.1) is 0 Å². The third-order valence-electron chi connectivity index (χ3n) is 1.76. The van der Waals surface area contributed by atoms with E-state index in [1.165, 1.54) is 6.33 Å². The van der Waals surface area contributed by atoms with E-state index in [1.807, 2.05) is 30.3 Å². The largest absolute Gasteiger partial charge is 0.399 e. The van der Waals surface area contributed by atoms with Crippen LogP contribution in [-0.2, 0) is 0 Å². The summed E-state index contributed by atoms with van der Waals surface area (Å²) in [5.41, 5.74) is 8.31. The minimum absolute atomic E-state index is 0.746. The molecule has 0 radical (unpaired) electrons. The zero-order chi connectivity index (χ0) is 9.10. The molecule has 1 heterocycles. The van der Waals surface area contributed by atoms with E-state index in [0.717, 1.165) is 16.9 Å². The number of aromatic nitrogens is 2. The lowest BCUT2D eigenvalue weighted by Crippen LogP contribution is -1.87. The highest BCUT2D eigenvalue weighted by molar-refractivity contribution is 5.63. The Hall–Kier alpha value is -1.90. The van der Waals surface area contributed by atoms with Gasteiger partial charge in [0.2, 0.25) is 0 Å². The molecule has 0 aliphatic carbocycles. The van der Waals surface area contributed by atoms with Crippen molar-refractivity contribution in [3.8, 4) is 11.3 Å². The lowest BCUT2D eigenvalue weighted by atomic mass is 10.1. The van der Waals surface area contributed by atoms with Crippen LogP contribution in [0.25, 0.3) is 11.3 Å². The van der Waals surface area contributed by atoms with Gasteiger partial charge in [-0.05, 0) is 18.2 Å². The Morgan fingerprint density at radius 3 is 2.77 bits per heavy atom. The maximum atomic E-state index is 5.65. The van der Waals surface area contributed by atoms with Crippen LogP contribution >= 0.6 is 0 Å². The molecule has 0 aliphatic heterocycles. The molecule has 13 heavy (non-hydrogen) atoms. The first-order valence-electron chi connectivity index (χ1n) is 3.98. The molecule has 0 saturated carbocycles. The van der Waals surface area contributed by atoms with Crippen molar-refractivity contribution < 1.29 is 0 Å². The van der Waals surface area contributed by atoms with E-state index in [4.69, 9.17) is 5.73 Å². The molecule has 64 valence electrons. The first-order valence-corrected chi connectivity index (χ1v) is 3.98. The summed E-state index contributed by atoms with van der Waals surface area (Å²) in [7, 11) is 0. The van der Waals surface area contributed by atoms with E-state index >= 15 is 0 Å². The SMILES string of the molecule is Nc1cccc(-c2ccncn2)c1. The summed E-state index contributed by atoms with van der Waals surface area (Å²) in [6.45, 7) is 0. The number of nitrogens with zero attached hydrogens (tertiary/aromatic N) is 2. The van der Waals surface area contributed by atoms with Crippen LogP contribution in [0.1, 0.15) is 0 Å². The number of rotatable bonds is 1. The van der Waals surface area contributed by atoms with Crippen LogP contribution in [0.15, 0.2) is 42.9 Å². The minimum atomic E-state index is 0.746. The number of nitrogens with two attached hydrogens (primary N) is 1. The van der Waals surface area contributed by atoms with Crippen LogP contribution in [0.5, 0.6) is 0 Å². The van der Waals surface area contributed by atoms with E-state index in [2.05, 4.69) is 9.97 Å². The van der Waals surface area contributed by atoms with Crippen molar-refractivity contribution >= 4 is 5.69 Å². The average molecular weight is 171 g/mol. The van der Waals surface area contributed by atoms with Crippen molar-refractivity contribution in [2.75, 3.05) is 5.73 Å². The predicted octanol–water partition coefficient (Wildman–Crippen LogP) is 1.73. The van der Waals surface area contributed by atoms with E-state index in [-0.39, 0.29) is 0 Å². The molecule has 2 rings (SSSR count). The summed E-state index contributed by atoms with van der Waals surface area (Å²) in [5, 5.41) is 0. The summed E-state index contributed by atoms with van der Waals surface area (Å²) in [5.74, 6) is 0. The molecule has 0 saturated heterocycles. The molecule has 0 atom stereocenters. The molecule has 0 amide bonds. The Kier molecular flexibility index (Phi) is 1.92. The average Bonchev–Trinajstić information content (AvgIpc) is 2.19. The third-order valence-corrected chi connectivity index (χ3v) is 1.76. The number of nitrogen functional groups attached to an aromatic ring is 1. The summed E-state index contributed by atoms with van der Waals surface area (Å²) < 4.78 is 0. The van der Waals surface area contributed by atoms with Gasteiger partial charge in [-0.2, -0.15) is 0 Å². The Labute approximate surface area is 76.3 Å². The van der Waals surface area contributed by atoms with E-state index < -0.39 is 0 Å². The van der Waals surface area contributed by atoms with Crippen LogP contribution in [0.2, 0.25) is 0 Å². The maximum absolute atomic E-state index is 5.65. The van der Waals surface area contributed by atoms with Crippen molar-refractivity contribution in [3.05, 3.63) is 42.9 Å². The van der Waals surface area contributed by atoms with Gasteiger partial charge in [0.25, 0.3) is 0 Å². The standard InChI is InChI=1S/C10H9N3/c11-9-3-1-2-8(6-9)10-4-5-12-7-13-10/h1-7H,11H2. The third kappa shape index (κ3) is 1.64. The molecule has 0 fully saturated rings. The molecule has 2 N–H and O–H groups in total. The zero-order valence-electron chi connectivity index (χ0n) is 7.01. The molecule has 0 bridgehead atoms. The zero-order valence-corrected chi connectivity index (χ0v) is 7.01. The van der Waals surface area contributed by atoms with E-state index in [0.29, 0.717) is 0 Å². The Bertz CT molecular complexity index is 398. The number of benzene rings is 1. The van der Waals surface area contributed by atoms with Crippen molar-refractivity contribution in [3.63, 3.8) is 0 Å². The normalized spacial score (nSPS) is 9.85. The highest BCUT2D eigenvalue weighted by Gasteiger charge is 1.96. The van der Waals surface area contributed by atoms with Gasteiger partial charge < -0.3 is 5.73 Å². The predicted molar refractivity (Wildman–Crippen MR) is 51.9 cm³/mol. The summed E-state index contributed by atoms with van der Waals surface area (Å²) >= 11 is 0. The minimum Gasteiger partial charge on any atom is -0.399 e. The van der Waals surface area contributed by atoms with Gasteiger partial charge in [0, 0.05) is 17.4 Å². The number of hydrogen-bond acceptors (Lipinski definition) is 3. The summed E-state index contributed by atoms with van der Waals surface area (Å²) in [6.07, 6.45) is 3.24. The van der Waals surface area contributed by atoms with Crippen LogP contribution < -0.4 is 5.73 Å². The van der Waals surface area contributed by atoms with Crippen molar-refractivity contribution in [1.82, 2.24) is 9.97 Å². The Balaban J connectivity index is 2.48. The van der Waals surface area contributed by atoms with Crippen molar-refractivity contribution in [2.45, 2.75) is 0 Å². The molecule has 0 unspecified atom stereocenters. The van der Waals surface area contributed by atoms with Crippen LogP contribution in [-0.4, -0.2) is 9.97 Å². The highest BCUT2D eigenvalue weighted by Crippen LogP contribution is 2.17. The van der Waals surface area contributed by atoms with E-state index in [1.54, 1.807) is 6.20 Å². The van der Waals surface area contributed by atoms with Gasteiger partial charge in [-0.3, -0.25) is 0 Å². The van der Waals surface area contributed by atoms with Gasteiger partial charge in [0.1, 0.15) is 6.33 Å². The lowest BCUT2D eigenvalue weighted by Gasteiger charge is -1.99. The number of anilines is 1. The molecule has 1 aromatic carbocycles. The molecule has 1 aromatic heterocycles. The maximum Gasteiger partial charge on any atom is 0.116 e. The summed E-state index contributed by atoms with van der Waals surface area (Å²) in [6, 6.07) is 9.48. The smallest absolute Gasteiger partial charge is 0.116 e. The van der Waals surface area contributed by atoms with E-state index in [9.17, 15) is 0 Å². The van der Waals surface area contributed by atoms with Gasteiger partial charge in [0.05, 0.1) is 5.69 Å². The number of hydrogen-bond donors (Lipinski definition) is 1. The molecule has 0 spiro atoms. The van der Waals surface area contributed by atoms with Crippen molar-refractivity contribution in [2.24, 2.45) is 0 Å². The fourth-order valence-corrected chi connectivity index (χ4v) is 1.16. The van der Waals surface area contributed by atoms with Gasteiger partial charge in [-0.1, -0.05) is 12.1 Å². The molecule has 2 aromatic rings. The topological polar surface area (TPSA) is 51.8 Å². The van der Waals surface area contributed by atoms with Gasteiger partial charge >= 0.3 is 0 Å². The second kappa shape index (κ2) is 3.23. The second-order valence-electron chi connectivity index (χ2n) is 2.72. The second-order valence-corrected chi connectivity index (χ2v) is 2.72. The van der Waals surface area contributed by atoms with Crippen molar-refractivity contribution in [1.29, 1.82) is 0 Å². The van der Waals surface area contributed by atoms with Crippen LogP contribution in [0, 0.1) is 0 Å². The van der Waals surface area contributed by atoms with Crippen LogP contribution in [0.4, 0.5) is 5.69 Å². The molecule has 0 aliphatic rings. The molecule has 3 nitrogen and oxygen atoms in total. The van der Waals surface area contributed by atoms with Crippen LogP contribution in [0.3, 0.4) is 0 Å². The quantitative estimate of drug-likeness (QED) is 0.665. The summed E-state index contributed by atoms with van der Waals surface area (Å²) in [4.78, 5) is 7.97. The monoisotopic (exact) mass is 171 g/mol.